The van der Waals surface area contributed by atoms with Crippen LogP contribution in [0.5, 0.6) is 0 Å². The molecular formula is C17H25N. The van der Waals surface area contributed by atoms with Gasteiger partial charge in [-0.2, -0.15) is 0 Å². The monoisotopic (exact) mass is 243 g/mol. The predicted molar refractivity (Wildman–Crippen MR) is 76.4 cm³/mol. The Morgan fingerprint density at radius 3 is 2.61 bits per heavy atom. The molecule has 0 spiro atoms. The second-order valence-corrected chi connectivity index (χ2v) is 6.32. The fraction of sp³-hybridized carbons (Fsp3) is 0.647. The maximum Gasteiger partial charge on any atom is 0.0444 e. The van der Waals surface area contributed by atoms with Crippen molar-refractivity contribution in [1.82, 2.24) is 0 Å². The van der Waals surface area contributed by atoms with Gasteiger partial charge in [0.25, 0.3) is 0 Å². The van der Waals surface area contributed by atoms with Crippen LogP contribution in [-0.4, -0.2) is 0 Å². The number of hydrogen-bond acceptors (Lipinski definition) is 1. The van der Waals surface area contributed by atoms with Crippen molar-refractivity contribution in [2.75, 3.05) is 0 Å². The van der Waals surface area contributed by atoms with Crippen LogP contribution >= 0.6 is 0 Å². The van der Waals surface area contributed by atoms with Crippen molar-refractivity contribution in [2.45, 2.75) is 57.4 Å². The zero-order valence-corrected chi connectivity index (χ0v) is 11.5. The Kier molecular flexibility index (Phi) is 3.19. The van der Waals surface area contributed by atoms with Gasteiger partial charge in [0.05, 0.1) is 0 Å². The van der Waals surface area contributed by atoms with Crippen LogP contribution in [0.1, 0.15) is 56.6 Å². The van der Waals surface area contributed by atoms with Gasteiger partial charge in [0, 0.05) is 5.54 Å². The van der Waals surface area contributed by atoms with E-state index in [-0.39, 0.29) is 5.54 Å². The molecule has 98 valence electrons. The van der Waals surface area contributed by atoms with Gasteiger partial charge >= 0.3 is 0 Å². The lowest BCUT2D eigenvalue weighted by molar-refractivity contribution is 0.170. The summed E-state index contributed by atoms with van der Waals surface area (Å²) < 4.78 is 0. The quantitative estimate of drug-likeness (QED) is 0.834. The first-order chi connectivity index (χ1) is 8.74. The molecule has 0 radical (unpaired) electrons. The smallest absolute Gasteiger partial charge is 0.0444 e. The van der Waals surface area contributed by atoms with Crippen molar-refractivity contribution < 1.29 is 0 Å². The number of rotatable bonds is 2. The van der Waals surface area contributed by atoms with Crippen LogP contribution < -0.4 is 5.73 Å². The number of benzene rings is 1. The van der Waals surface area contributed by atoms with Crippen LogP contribution in [0.25, 0.3) is 0 Å². The Hall–Kier alpha value is -0.820. The lowest BCUT2D eigenvalue weighted by atomic mass is 9.69. The Morgan fingerprint density at radius 2 is 1.89 bits per heavy atom. The molecule has 2 aliphatic rings. The van der Waals surface area contributed by atoms with Crippen molar-refractivity contribution in [3.63, 3.8) is 0 Å². The lowest BCUT2D eigenvalue weighted by Crippen LogP contribution is -2.43. The molecule has 0 aromatic heterocycles. The maximum atomic E-state index is 6.83. The van der Waals surface area contributed by atoms with Gasteiger partial charge in [-0.15, -0.1) is 0 Å². The molecule has 0 bridgehead atoms. The summed E-state index contributed by atoms with van der Waals surface area (Å²) >= 11 is 0. The van der Waals surface area contributed by atoms with E-state index in [4.69, 9.17) is 5.73 Å². The first-order valence-corrected chi connectivity index (χ1v) is 7.61. The van der Waals surface area contributed by atoms with E-state index in [1.165, 1.54) is 49.7 Å². The van der Waals surface area contributed by atoms with Crippen molar-refractivity contribution in [1.29, 1.82) is 0 Å². The molecule has 1 atom stereocenters. The highest BCUT2D eigenvalue weighted by Crippen LogP contribution is 2.46. The minimum Gasteiger partial charge on any atom is -0.321 e. The predicted octanol–water partition coefficient (Wildman–Crippen LogP) is 4.00. The maximum absolute atomic E-state index is 6.83. The molecule has 0 aliphatic heterocycles. The molecule has 1 saturated carbocycles. The van der Waals surface area contributed by atoms with Gasteiger partial charge in [-0.1, -0.05) is 50.5 Å². The third-order valence-corrected chi connectivity index (χ3v) is 5.48. The average Bonchev–Trinajstić information content (AvgIpc) is 2.78. The van der Waals surface area contributed by atoms with Crippen molar-refractivity contribution in [2.24, 2.45) is 17.6 Å². The first kappa shape index (κ1) is 12.2. The van der Waals surface area contributed by atoms with Crippen LogP contribution in [0.2, 0.25) is 0 Å². The summed E-state index contributed by atoms with van der Waals surface area (Å²) in [4.78, 5) is 0. The molecule has 3 rings (SSSR count). The average molecular weight is 243 g/mol. The van der Waals surface area contributed by atoms with Gasteiger partial charge in [0.1, 0.15) is 0 Å². The summed E-state index contributed by atoms with van der Waals surface area (Å²) in [6.45, 7) is 2.33. The molecule has 1 aromatic rings. The van der Waals surface area contributed by atoms with Gasteiger partial charge in [0.15, 0.2) is 0 Å². The highest BCUT2D eigenvalue weighted by molar-refractivity contribution is 5.39. The van der Waals surface area contributed by atoms with Gasteiger partial charge in [0.2, 0.25) is 0 Å². The Balaban J connectivity index is 1.81. The normalized spacial score (nSPS) is 35.4. The minimum absolute atomic E-state index is 0.0185. The van der Waals surface area contributed by atoms with E-state index in [1.54, 1.807) is 0 Å². The molecule has 1 nitrogen and oxygen atoms in total. The number of nitrogens with two attached hydrogens (primary N) is 1. The zero-order valence-electron chi connectivity index (χ0n) is 11.5. The first-order valence-electron chi connectivity index (χ1n) is 7.61. The van der Waals surface area contributed by atoms with Gasteiger partial charge < -0.3 is 5.73 Å². The topological polar surface area (TPSA) is 26.0 Å². The summed E-state index contributed by atoms with van der Waals surface area (Å²) in [5, 5.41) is 0. The standard InChI is InChI=1S/C17H25N/c1-2-13-7-9-15(10-8-13)17(18)12-11-14-5-3-4-6-16(14)17/h3-6,13,15H,2,7-12,18H2,1H3. The Labute approximate surface area is 111 Å². The van der Waals surface area contributed by atoms with E-state index in [9.17, 15) is 0 Å². The van der Waals surface area contributed by atoms with E-state index in [0.717, 1.165) is 12.3 Å². The molecule has 1 heteroatoms. The highest BCUT2D eigenvalue weighted by atomic mass is 14.8. The molecule has 0 heterocycles. The largest absolute Gasteiger partial charge is 0.321 e. The van der Waals surface area contributed by atoms with Crippen LogP contribution in [0, 0.1) is 11.8 Å². The van der Waals surface area contributed by atoms with Gasteiger partial charge in [-0.3, -0.25) is 0 Å². The number of aryl methyl sites for hydroxylation is 1. The Bertz CT molecular complexity index is 417. The molecule has 0 saturated heterocycles. The third-order valence-electron chi connectivity index (χ3n) is 5.48. The van der Waals surface area contributed by atoms with Gasteiger partial charge in [-0.05, 0) is 48.6 Å². The van der Waals surface area contributed by atoms with Crippen LogP contribution in [0.3, 0.4) is 0 Å². The lowest BCUT2D eigenvalue weighted by Gasteiger charge is -2.39. The van der Waals surface area contributed by atoms with E-state index >= 15 is 0 Å². The number of fused-ring (bicyclic) bond motifs is 1. The molecular weight excluding hydrogens is 218 g/mol. The van der Waals surface area contributed by atoms with Crippen LogP contribution in [-0.2, 0) is 12.0 Å². The van der Waals surface area contributed by atoms with Crippen molar-refractivity contribution in [3.8, 4) is 0 Å². The van der Waals surface area contributed by atoms with Gasteiger partial charge in [-0.25, -0.2) is 0 Å². The Morgan fingerprint density at radius 1 is 1.17 bits per heavy atom. The fourth-order valence-corrected chi connectivity index (χ4v) is 4.18. The molecule has 0 amide bonds. The van der Waals surface area contributed by atoms with E-state index in [0.29, 0.717) is 5.92 Å². The molecule has 18 heavy (non-hydrogen) atoms. The van der Waals surface area contributed by atoms with Crippen LogP contribution in [0.15, 0.2) is 24.3 Å². The molecule has 1 fully saturated rings. The van der Waals surface area contributed by atoms with E-state index in [1.807, 2.05) is 0 Å². The second-order valence-electron chi connectivity index (χ2n) is 6.32. The third kappa shape index (κ3) is 1.89. The summed E-state index contributed by atoms with van der Waals surface area (Å²) in [6, 6.07) is 8.85. The summed E-state index contributed by atoms with van der Waals surface area (Å²) in [5.74, 6) is 1.67. The zero-order chi connectivity index (χ0) is 12.6. The molecule has 1 unspecified atom stereocenters. The van der Waals surface area contributed by atoms with Crippen LogP contribution in [0.4, 0.5) is 0 Å². The minimum atomic E-state index is -0.0185. The summed E-state index contributed by atoms with van der Waals surface area (Å²) in [5.41, 5.74) is 9.76. The molecule has 2 aliphatic carbocycles. The van der Waals surface area contributed by atoms with E-state index < -0.39 is 0 Å². The molecule has 2 N–H and O–H groups in total. The number of hydrogen-bond donors (Lipinski definition) is 1. The van der Waals surface area contributed by atoms with Crippen molar-refractivity contribution in [3.05, 3.63) is 35.4 Å². The summed E-state index contributed by atoms with van der Waals surface area (Å²) in [7, 11) is 0. The summed E-state index contributed by atoms with van der Waals surface area (Å²) in [6.07, 6.45) is 9.15. The second kappa shape index (κ2) is 4.70. The van der Waals surface area contributed by atoms with Crippen molar-refractivity contribution >= 4 is 0 Å². The highest BCUT2D eigenvalue weighted by Gasteiger charge is 2.42. The van der Waals surface area contributed by atoms with E-state index in [2.05, 4.69) is 31.2 Å². The molecule has 1 aromatic carbocycles. The SMILES string of the molecule is CCC1CCC(C2(N)CCc3ccccc32)CC1. The fourth-order valence-electron chi connectivity index (χ4n) is 4.18.